The van der Waals surface area contributed by atoms with Crippen LogP contribution in [0.15, 0.2) is 77.7 Å². The molecule has 226 valence electrons. The van der Waals surface area contributed by atoms with Gasteiger partial charge in [0.05, 0.1) is 17.2 Å². The van der Waals surface area contributed by atoms with Crippen LogP contribution in [0.5, 0.6) is 5.75 Å². The van der Waals surface area contributed by atoms with Crippen molar-refractivity contribution in [1.29, 1.82) is 0 Å². The number of ether oxygens (including phenoxy) is 1. The van der Waals surface area contributed by atoms with E-state index >= 15 is 0 Å². The van der Waals surface area contributed by atoms with E-state index in [9.17, 15) is 18.0 Å². The van der Waals surface area contributed by atoms with Gasteiger partial charge in [0.1, 0.15) is 18.3 Å². The molecule has 1 unspecified atom stereocenters. The second-order valence-corrected chi connectivity index (χ2v) is 12.3. The number of nitrogens with zero attached hydrogens (tertiary/aromatic N) is 2. The van der Waals surface area contributed by atoms with Crippen molar-refractivity contribution < 1.29 is 22.7 Å². The molecule has 1 N–H and O–H groups in total. The number of para-hydroxylation sites is 2. The molecule has 11 heteroatoms. The summed E-state index contributed by atoms with van der Waals surface area (Å²) in [5.41, 5.74) is 0.948. The molecule has 3 aromatic rings. The van der Waals surface area contributed by atoms with Crippen molar-refractivity contribution in [2.45, 2.75) is 57.5 Å². The number of carbonyl (C=O) groups is 2. The summed E-state index contributed by atoms with van der Waals surface area (Å²) >= 11 is 12.1. The first-order chi connectivity index (χ1) is 20.1. The molecular weight excluding hydrogens is 597 g/mol. The van der Waals surface area contributed by atoms with Gasteiger partial charge in [-0.1, -0.05) is 67.7 Å². The molecule has 8 nitrogen and oxygen atoms in total. The Bertz CT molecular complexity index is 1430. The number of hydrogen-bond donors (Lipinski definition) is 1. The van der Waals surface area contributed by atoms with Crippen LogP contribution in [0.3, 0.4) is 0 Å². The van der Waals surface area contributed by atoms with Crippen LogP contribution in [0, 0.1) is 0 Å². The van der Waals surface area contributed by atoms with Crippen LogP contribution in [0.4, 0.5) is 5.69 Å². The number of benzene rings is 3. The highest BCUT2D eigenvalue weighted by atomic mass is 35.5. The first-order valence-corrected chi connectivity index (χ1v) is 16.1. The highest BCUT2D eigenvalue weighted by Crippen LogP contribution is 2.33. The van der Waals surface area contributed by atoms with E-state index in [2.05, 4.69) is 5.32 Å². The van der Waals surface area contributed by atoms with Crippen molar-refractivity contribution in [3.63, 3.8) is 0 Å². The standard InChI is InChI=1S/C31H37Cl2N3O5S/c1-4-7-20-34-31(38)27(5-2)35(21-23-12-14-24(32)15-13-23)30(37)22-36(28-10-8-9-11-29(28)41-6-3)42(39,40)26-18-16-25(33)17-19-26/h8-19,27H,4-7,20-22H2,1-3H3,(H,34,38). The maximum absolute atomic E-state index is 14.2. The smallest absolute Gasteiger partial charge is 0.264 e. The monoisotopic (exact) mass is 633 g/mol. The van der Waals surface area contributed by atoms with Gasteiger partial charge in [-0.25, -0.2) is 8.42 Å². The molecule has 0 aliphatic carbocycles. The van der Waals surface area contributed by atoms with Gasteiger partial charge < -0.3 is 15.0 Å². The van der Waals surface area contributed by atoms with Crippen LogP contribution in [0.2, 0.25) is 10.0 Å². The number of amides is 2. The largest absolute Gasteiger partial charge is 0.492 e. The van der Waals surface area contributed by atoms with Crippen LogP contribution < -0.4 is 14.4 Å². The van der Waals surface area contributed by atoms with E-state index in [4.69, 9.17) is 27.9 Å². The fraction of sp³-hybridized carbons (Fsp3) is 0.355. The summed E-state index contributed by atoms with van der Waals surface area (Å²) < 4.78 is 34.9. The quantitative estimate of drug-likeness (QED) is 0.198. The SMILES string of the molecule is CCCCNC(=O)C(CC)N(Cc1ccc(Cl)cc1)C(=O)CN(c1ccccc1OCC)S(=O)(=O)c1ccc(Cl)cc1. The van der Waals surface area contributed by atoms with Crippen molar-refractivity contribution in [3.8, 4) is 5.75 Å². The lowest BCUT2D eigenvalue weighted by molar-refractivity contribution is -0.140. The van der Waals surface area contributed by atoms with Crippen molar-refractivity contribution in [1.82, 2.24) is 10.2 Å². The predicted octanol–water partition coefficient (Wildman–Crippen LogP) is 6.31. The van der Waals surface area contributed by atoms with E-state index < -0.39 is 28.5 Å². The molecular formula is C31H37Cl2N3O5S. The highest BCUT2D eigenvalue weighted by molar-refractivity contribution is 7.92. The minimum Gasteiger partial charge on any atom is -0.492 e. The lowest BCUT2D eigenvalue weighted by Crippen LogP contribution is -2.52. The van der Waals surface area contributed by atoms with E-state index in [1.807, 2.05) is 13.8 Å². The van der Waals surface area contributed by atoms with Gasteiger partial charge in [-0.3, -0.25) is 13.9 Å². The zero-order chi connectivity index (χ0) is 30.7. The van der Waals surface area contributed by atoms with E-state index in [1.54, 1.807) is 55.5 Å². The average molecular weight is 635 g/mol. The second-order valence-electron chi connectivity index (χ2n) is 9.58. The Kier molecular flexibility index (Phi) is 12.5. The van der Waals surface area contributed by atoms with Crippen LogP contribution in [-0.2, 0) is 26.2 Å². The Hall–Kier alpha value is -3.27. The summed E-state index contributed by atoms with van der Waals surface area (Å²) in [6, 6.07) is 18.5. The fourth-order valence-electron chi connectivity index (χ4n) is 4.40. The van der Waals surface area contributed by atoms with Crippen molar-refractivity contribution in [2.75, 3.05) is 24.0 Å². The maximum atomic E-state index is 14.2. The molecule has 0 saturated heterocycles. The van der Waals surface area contributed by atoms with E-state index in [0.717, 1.165) is 22.7 Å². The minimum absolute atomic E-state index is 0.0420. The Labute approximate surface area is 258 Å². The fourth-order valence-corrected chi connectivity index (χ4v) is 6.08. The van der Waals surface area contributed by atoms with Gasteiger partial charge in [0.25, 0.3) is 10.0 Å². The summed E-state index contributed by atoms with van der Waals surface area (Å²) in [7, 11) is -4.26. The summed E-state index contributed by atoms with van der Waals surface area (Å²) in [6.45, 7) is 5.91. The van der Waals surface area contributed by atoms with Crippen LogP contribution in [0.1, 0.15) is 45.6 Å². The Morgan fingerprint density at radius 3 is 2.12 bits per heavy atom. The molecule has 0 fully saturated rings. The van der Waals surface area contributed by atoms with Crippen molar-refractivity contribution in [2.24, 2.45) is 0 Å². The Morgan fingerprint density at radius 2 is 1.52 bits per heavy atom. The normalized spacial score (nSPS) is 11.9. The third kappa shape index (κ3) is 8.63. The van der Waals surface area contributed by atoms with Gasteiger partial charge in [0.15, 0.2) is 0 Å². The maximum Gasteiger partial charge on any atom is 0.264 e. The second kappa shape index (κ2) is 15.8. The molecule has 0 aliphatic heterocycles. The van der Waals surface area contributed by atoms with Crippen molar-refractivity contribution >= 4 is 50.7 Å². The molecule has 0 heterocycles. The number of carbonyl (C=O) groups excluding carboxylic acids is 2. The zero-order valence-corrected chi connectivity index (χ0v) is 26.4. The highest BCUT2D eigenvalue weighted by Gasteiger charge is 2.34. The van der Waals surface area contributed by atoms with Gasteiger partial charge in [-0.15, -0.1) is 0 Å². The van der Waals surface area contributed by atoms with Gasteiger partial charge in [0.2, 0.25) is 11.8 Å². The molecule has 1 atom stereocenters. The molecule has 0 aliphatic rings. The number of anilines is 1. The van der Waals surface area contributed by atoms with Gasteiger partial charge in [0, 0.05) is 23.1 Å². The molecule has 0 aromatic heterocycles. The Morgan fingerprint density at radius 1 is 0.905 bits per heavy atom. The molecule has 3 aromatic carbocycles. The Balaban J connectivity index is 2.08. The molecule has 0 saturated carbocycles. The first-order valence-electron chi connectivity index (χ1n) is 13.9. The third-order valence-electron chi connectivity index (χ3n) is 6.60. The number of hydrogen-bond acceptors (Lipinski definition) is 5. The van der Waals surface area contributed by atoms with E-state index in [-0.39, 0.29) is 23.0 Å². The summed E-state index contributed by atoms with van der Waals surface area (Å²) in [6.07, 6.45) is 2.03. The molecule has 3 rings (SSSR count). The van der Waals surface area contributed by atoms with E-state index in [0.29, 0.717) is 35.4 Å². The molecule has 0 spiro atoms. The van der Waals surface area contributed by atoms with Gasteiger partial charge in [-0.2, -0.15) is 0 Å². The average Bonchev–Trinajstić information content (AvgIpc) is 2.97. The minimum atomic E-state index is -4.26. The number of rotatable bonds is 15. The number of unbranched alkanes of at least 4 members (excludes halogenated alkanes) is 1. The van der Waals surface area contributed by atoms with Gasteiger partial charge in [-0.05, 0) is 73.9 Å². The molecule has 2 amide bonds. The first kappa shape index (κ1) is 33.2. The number of sulfonamides is 1. The molecule has 42 heavy (non-hydrogen) atoms. The summed E-state index contributed by atoms with van der Waals surface area (Å²) in [4.78, 5) is 28.9. The number of nitrogens with one attached hydrogen (secondary N) is 1. The predicted molar refractivity (Wildman–Crippen MR) is 168 cm³/mol. The van der Waals surface area contributed by atoms with Crippen LogP contribution in [0.25, 0.3) is 0 Å². The van der Waals surface area contributed by atoms with Crippen LogP contribution >= 0.6 is 23.2 Å². The number of halogens is 2. The third-order valence-corrected chi connectivity index (χ3v) is 8.87. The zero-order valence-electron chi connectivity index (χ0n) is 24.1. The lowest BCUT2D eigenvalue weighted by Gasteiger charge is -2.33. The lowest BCUT2D eigenvalue weighted by atomic mass is 10.1. The van der Waals surface area contributed by atoms with Gasteiger partial charge >= 0.3 is 0 Å². The summed E-state index contributed by atoms with van der Waals surface area (Å²) in [5.74, 6) is -0.541. The summed E-state index contributed by atoms with van der Waals surface area (Å²) in [5, 5.41) is 3.83. The molecule has 0 bridgehead atoms. The van der Waals surface area contributed by atoms with Crippen LogP contribution in [-0.4, -0.2) is 50.9 Å². The van der Waals surface area contributed by atoms with Crippen molar-refractivity contribution in [3.05, 3.63) is 88.4 Å². The van der Waals surface area contributed by atoms with E-state index in [1.165, 1.54) is 29.2 Å². The molecule has 0 radical (unpaired) electrons. The topological polar surface area (TPSA) is 96.0 Å².